The third-order valence-corrected chi connectivity index (χ3v) is 5.92. The molecule has 0 aliphatic rings. The van der Waals surface area contributed by atoms with Crippen LogP contribution in [0.25, 0.3) is 22.0 Å². The number of carboxylic acids is 1. The lowest BCUT2D eigenvalue weighted by Gasteiger charge is -2.07. The molecule has 1 aromatic carbocycles. The molecule has 2 aromatic heterocycles. The van der Waals surface area contributed by atoms with Gasteiger partial charge in [0.05, 0.1) is 0 Å². The number of carboxylic acid groups (broad SMARTS) is 1. The van der Waals surface area contributed by atoms with E-state index in [1.54, 1.807) is 23.2 Å². The number of Topliss-reactive ketones (excluding diaryl/α,β-unsaturated/α-hetero) is 1. The van der Waals surface area contributed by atoms with Crippen molar-refractivity contribution in [2.75, 3.05) is 11.9 Å². The van der Waals surface area contributed by atoms with Crippen LogP contribution in [0.4, 0.5) is 5.95 Å². The molecule has 0 bridgehead atoms. The number of unbranched alkanes of at least 4 members (excludes halogenated alkanes) is 7. The lowest BCUT2D eigenvalue weighted by molar-refractivity contribution is -0.137. The van der Waals surface area contributed by atoms with E-state index in [1.807, 2.05) is 24.3 Å². The van der Waals surface area contributed by atoms with Gasteiger partial charge in [-0.25, -0.2) is 9.97 Å². The number of carbonyl (C=O) groups is 2. The summed E-state index contributed by atoms with van der Waals surface area (Å²) in [5, 5.41) is 13.2. The lowest BCUT2D eigenvalue weighted by Crippen LogP contribution is -2.07. The van der Waals surface area contributed by atoms with Gasteiger partial charge in [-0.15, -0.1) is 6.58 Å². The number of hydrogen-bond acceptors (Lipinski definition) is 5. The Balaban J connectivity index is 1.54. The molecule has 180 valence electrons. The molecule has 7 nitrogen and oxygen atoms in total. The number of aliphatic carboxylic acids is 1. The van der Waals surface area contributed by atoms with Crippen LogP contribution in [-0.2, 0) is 11.3 Å². The van der Waals surface area contributed by atoms with Gasteiger partial charge in [-0.05, 0) is 43.9 Å². The monoisotopic (exact) mass is 462 g/mol. The summed E-state index contributed by atoms with van der Waals surface area (Å²) in [6.07, 6.45) is 16.9. The summed E-state index contributed by atoms with van der Waals surface area (Å²) in [5.74, 6) is -0.451. The average Bonchev–Trinajstić information content (AvgIpc) is 3.18. The van der Waals surface area contributed by atoms with Gasteiger partial charge in [-0.2, -0.15) is 0 Å². The van der Waals surface area contributed by atoms with Crippen LogP contribution < -0.4 is 5.32 Å². The van der Waals surface area contributed by atoms with Crippen molar-refractivity contribution in [2.45, 2.75) is 64.8 Å². The number of benzene rings is 1. The largest absolute Gasteiger partial charge is 0.480 e. The van der Waals surface area contributed by atoms with Crippen LogP contribution in [0, 0.1) is 0 Å². The number of rotatable bonds is 15. The third kappa shape index (κ3) is 7.01. The second-order valence-corrected chi connectivity index (χ2v) is 8.63. The van der Waals surface area contributed by atoms with Crippen molar-refractivity contribution in [2.24, 2.45) is 0 Å². The minimum atomic E-state index is -0.952. The van der Waals surface area contributed by atoms with E-state index in [0.717, 1.165) is 35.9 Å². The van der Waals surface area contributed by atoms with Gasteiger partial charge in [0.25, 0.3) is 0 Å². The molecular weight excluding hydrogens is 428 g/mol. The summed E-state index contributed by atoms with van der Waals surface area (Å²) in [4.78, 5) is 32.1. The van der Waals surface area contributed by atoms with Gasteiger partial charge in [-0.3, -0.25) is 9.59 Å². The van der Waals surface area contributed by atoms with Crippen LogP contribution in [0.3, 0.4) is 0 Å². The maximum atomic E-state index is 12.1. The van der Waals surface area contributed by atoms with Gasteiger partial charge in [-0.1, -0.05) is 44.2 Å². The minimum Gasteiger partial charge on any atom is -0.480 e. The Morgan fingerprint density at radius 1 is 1.03 bits per heavy atom. The van der Waals surface area contributed by atoms with Crippen molar-refractivity contribution in [1.82, 2.24) is 14.5 Å². The van der Waals surface area contributed by atoms with Gasteiger partial charge in [0.2, 0.25) is 5.95 Å². The smallest absolute Gasteiger partial charge is 0.323 e. The van der Waals surface area contributed by atoms with Gasteiger partial charge in [0.15, 0.2) is 5.78 Å². The second-order valence-electron chi connectivity index (χ2n) is 8.63. The molecule has 0 atom stereocenters. The topological polar surface area (TPSA) is 97.1 Å². The second kappa shape index (κ2) is 12.7. The molecule has 3 rings (SSSR count). The average molecular weight is 463 g/mol. The number of nitrogens with one attached hydrogen (secondary N) is 1. The highest BCUT2D eigenvalue weighted by atomic mass is 16.4. The number of anilines is 1. The molecule has 7 heteroatoms. The first-order chi connectivity index (χ1) is 16.5. The first kappa shape index (κ1) is 25.1. The highest BCUT2D eigenvalue weighted by Crippen LogP contribution is 2.28. The summed E-state index contributed by atoms with van der Waals surface area (Å²) < 4.78 is 1.59. The summed E-state index contributed by atoms with van der Waals surface area (Å²) in [6, 6.07) is 5.63. The number of carbonyl (C=O) groups excluding carboxylic acids is 1. The minimum absolute atomic E-state index is 0.102. The number of nitrogens with zero attached hydrogens (tertiary/aromatic N) is 3. The Morgan fingerprint density at radius 2 is 1.71 bits per heavy atom. The molecule has 2 N–H and O–H groups in total. The maximum absolute atomic E-state index is 12.1. The number of fused-ring (bicyclic) bond motifs is 1. The first-order valence-corrected chi connectivity index (χ1v) is 12.0. The molecule has 0 amide bonds. The SMILES string of the molecule is C=CCCCCCCCCCNc1ncc(-c2ccc3c(c2)c(C(C)=O)cn3CC(=O)O)cn1. The Kier molecular flexibility index (Phi) is 9.38. The Morgan fingerprint density at radius 3 is 2.35 bits per heavy atom. The van der Waals surface area contributed by atoms with Crippen LogP contribution in [0.1, 0.15) is 68.6 Å². The van der Waals surface area contributed by atoms with Crippen molar-refractivity contribution in [3.8, 4) is 11.1 Å². The molecule has 0 spiro atoms. The van der Waals surface area contributed by atoms with Crippen molar-refractivity contribution in [3.05, 3.63) is 55.0 Å². The molecular formula is C27H34N4O3. The van der Waals surface area contributed by atoms with Crippen LogP contribution in [-0.4, -0.2) is 37.9 Å². The zero-order valence-electron chi connectivity index (χ0n) is 19.9. The van der Waals surface area contributed by atoms with E-state index in [4.69, 9.17) is 5.11 Å². The fourth-order valence-corrected chi connectivity index (χ4v) is 4.10. The fraction of sp³-hybridized carbons (Fsp3) is 0.407. The maximum Gasteiger partial charge on any atom is 0.323 e. The molecule has 3 aromatic rings. The lowest BCUT2D eigenvalue weighted by atomic mass is 10.0. The van der Waals surface area contributed by atoms with E-state index in [0.29, 0.717) is 17.0 Å². The van der Waals surface area contributed by atoms with Crippen LogP contribution in [0.15, 0.2) is 49.4 Å². The van der Waals surface area contributed by atoms with E-state index in [-0.39, 0.29) is 12.3 Å². The van der Waals surface area contributed by atoms with Gasteiger partial charge in [0, 0.05) is 47.2 Å². The Hall–Kier alpha value is -3.48. The zero-order chi connectivity index (χ0) is 24.3. The Bertz CT molecular complexity index is 1120. The van der Waals surface area contributed by atoms with Crippen molar-refractivity contribution in [3.63, 3.8) is 0 Å². The molecule has 0 saturated heterocycles. The number of hydrogen-bond donors (Lipinski definition) is 2. The zero-order valence-corrected chi connectivity index (χ0v) is 19.9. The number of ketones is 1. The van der Waals surface area contributed by atoms with E-state index in [2.05, 4.69) is 21.9 Å². The van der Waals surface area contributed by atoms with Crippen LogP contribution >= 0.6 is 0 Å². The summed E-state index contributed by atoms with van der Waals surface area (Å²) in [7, 11) is 0. The van der Waals surface area contributed by atoms with E-state index in [9.17, 15) is 9.59 Å². The molecule has 34 heavy (non-hydrogen) atoms. The van der Waals surface area contributed by atoms with Crippen molar-refractivity contribution >= 4 is 28.6 Å². The molecule has 2 heterocycles. The van der Waals surface area contributed by atoms with Crippen LogP contribution in [0.2, 0.25) is 0 Å². The molecule has 0 saturated carbocycles. The molecule has 0 aliphatic heterocycles. The van der Waals surface area contributed by atoms with E-state index in [1.165, 1.54) is 45.4 Å². The number of allylic oxidation sites excluding steroid dienone is 1. The Labute approximate surface area is 200 Å². The molecule has 0 unspecified atom stereocenters. The van der Waals surface area contributed by atoms with Crippen molar-refractivity contribution in [1.29, 1.82) is 0 Å². The number of aromatic nitrogens is 3. The summed E-state index contributed by atoms with van der Waals surface area (Å²) in [6.45, 7) is 5.90. The fourth-order valence-electron chi connectivity index (χ4n) is 4.10. The normalized spacial score (nSPS) is 11.0. The molecule has 0 aliphatic carbocycles. The van der Waals surface area contributed by atoms with Crippen LogP contribution in [0.5, 0.6) is 0 Å². The summed E-state index contributed by atoms with van der Waals surface area (Å²) >= 11 is 0. The molecule has 0 radical (unpaired) electrons. The van der Waals surface area contributed by atoms with Gasteiger partial charge >= 0.3 is 5.97 Å². The highest BCUT2D eigenvalue weighted by molar-refractivity contribution is 6.08. The van der Waals surface area contributed by atoms with E-state index < -0.39 is 5.97 Å². The quantitative estimate of drug-likeness (QED) is 0.161. The highest BCUT2D eigenvalue weighted by Gasteiger charge is 2.15. The van der Waals surface area contributed by atoms with E-state index >= 15 is 0 Å². The summed E-state index contributed by atoms with van der Waals surface area (Å²) in [5.41, 5.74) is 2.94. The first-order valence-electron chi connectivity index (χ1n) is 12.0. The standard InChI is InChI=1S/C27H34N4O3/c1-3-4-5-6-7-8-9-10-11-14-28-27-29-16-22(17-30-27)21-12-13-25-23(15-21)24(20(2)32)18-31(25)19-26(33)34/h3,12-13,15-18H,1,4-11,14,19H2,2H3,(H,33,34)(H,28,29,30). The molecule has 0 fully saturated rings. The predicted octanol–water partition coefficient (Wildman–Crippen LogP) is 6.10. The third-order valence-electron chi connectivity index (χ3n) is 5.92. The van der Waals surface area contributed by atoms with Gasteiger partial charge < -0.3 is 15.0 Å². The van der Waals surface area contributed by atoms with Gasteiger partial charge in [0.1, 0.15) is 6.54 Å². The van der Waals surface area contributed by atoms with Crippen molar-refractivity contribution < 1.29 is 14.7 Å². The predicted molar refractivity (Wildman–Crippen MR) is 136 cm³/mol.